The van der Waals surface area contributed by atoms with Crippen molar-refractivity contribution in [2.75, 3.05) is 4.90 Å². The average Bonchev–Trinajstić information content (AvgIpc) is 2.98. The second-order valence-electron chi connectivity index (χ2n) is 4.32. The third-order valence-electron chi connectivity index (χ3n) is 3.16. The van der Waals surface area contributed by atoms with E-state index in [9.17, 15) is 0 Å². The molecule has 4 rings (SSSR count). The molecule has 0 atom stereocenters. The van der Waals surface area contributed by atoms with Crippen molar-refractivity contribution in [2.24, 2.45) is 0 Å². The molecule has 0 saturated heterocycles. The van der Waals surface area contributed by atoms with Crippen molar-refractivity contribution in [3.05, 3.63) is 66.0 Å². The summed E-state index contributed by atoms with van der Waals surface area (Å²) in [5.41, 5.74) is 2.17. The first kappa shape index (κ1) is 10.6. The zero-order valence-corrected chi connectivity index (χ0v) is 10.9. The molecule has 3 aromatic rings. The Hall–Kier alpha value is -2.26. The Bertz CT molecular complexity index is 676. The third kappa shape index (κ3) is 1.63. The van der Waals surface area contributed by atoms with Crippen LogP contribution in [-0.4, -0.2) is 0 Å². The van der Waals surface area contributed by atoms with Crippen molar-refractivity contribution < 1.29 is 4.74 Å². The van der Waals surface area contributed by atoms with E-state index in [0.29, 0.717) is 0 Å². The molecule has 0 radical (unpaired) electrons. The lowest BCUT2D eigenvalue weighted by Crippen LogP contribution is -2.14. The molecule has 0 saturated carbocycles. The third-order valence-corrected chi connectivity index (χ3v) is 4.01. The molecule has 2 aromatic carbocycles. The highest BCUT2D eigenvalue weighted by molar-refractivity contribution is 7.14. The van der Waals surface area contributed by atoms with Gasteiger partial charge in [0.25, 0.3) is 0 Å². The summed E-state index contributed by atoms with van der Waals surface area (Å²) in [5, 5.41) is 3.29. The van der Waals surface area contributed by atoms with E-state index in [1.807, 2.05) is 36.4 Å². The summed E-state index contributed by atoms with van der Waals surface area (Å²) in [6, 6.07) is 20.5. The van der Waals surface area contributed by atoms with Gasteiger partial charge in [0.2, 0.25) is 0 Å². The van der Waals surface area contributed by atoms with Crippen LogP contribution >= 0.6 is 11.3 Å². The summed E-state index contributed by atoms with van der Waals surface area (Å²) in [7, 11) is 0. The van der Waals surface area contributed by atoms with Crippen LogP contribution in [0, 0.1) is 0 Å². The van der Waals surface area contributed by atoms with E-state index >= 15 is 0 Å². The molecule has 0 N–H and O–H groups in total. The van der Waals surface area contributed by atoms with Gasteiger partial charge in [-0.2, -0.15) is 0 Å². The van der Waals surface area contributed by atoms with Crippen LogP contribution < -0.4 is 9.64 Å². The van der Waals surface area contributed by atoms with E-state index in [-0.39, 0.29) is 0 Å². The van der Waals surface area contributed by atoms with Gasteiger partial charge in [0.05, 0.1) is 11.4 Å². The number of fused-ring (bicyclic) bond motifs is 2. The van der Waals surface area contributed by atoms with Crippen LogP contribution in [0.25, 0.3) is 0 Å². The highest BCUT2D eigenvalue weighted by atomic mass is 32.1. The molecule has 1 aliphatic rings. The molecule has 1 aromatic heterocycles. The summed E-state index contributed by atoms with van der Waals surface area (Å²) < 4.78 is 5.97. The maximum Gasteiger partial charge on any atom is 0.151 e. The van der Waals surface area contributed by atoms with Crippen molar-refractivity contribution in [3.8, 4) is 11.5 Å². The van der Waals surface area contributed by atoms with E-state index in [2.05, 4.69) is 34.5 Å². The average molecular weight is 265 g/mol. The zero-order valence-electron chi connectivity index (χ0n) is 10.1. The minimum atomic E-state index is 0.898. The topological polar surface area (TPSA) is 12.5 Å². The first-order valence-corrected chi connectivity index (χ1v) is 7.01. The van der Waals surface area contributed by atoms with Gasteiger partial charge in [-0.3, -0.25) is 4.90 Å². The normalized spacial score (nSPS) is 12.5. The van der Waals surface area contributed by atoms with Crippen LogP contribution in [-0.2, 0) is 0 Å². The highest BCUT2D eigenvalue weighted by Gasteiger charge is 2.25. The van der Waals surface area contributed by atoms with E-state index in [4.69, 9.17) is 4.74 Å². The van der Waals surface area contributed by atoms with Gasteiger partial charge in [-0.25, -0.2) is 0 Å². The van der Waals surface area contributed by atoms with Gasteiger partial charge in [0, 0.05) is 0 Å². The van der Waals surface area contributed by atoms with Crippen LogP contribution in [0.5, 0.6) is 11.5 Å². The molecule has 0 aliphatic carbocycles. The van der Waals surface area contributed by atoms with Gasteiger partial charge in [0.1, 0.15) is 5.00 Å². The fourth-order valence-electron chi connectivity index (χ4n) is 2.34. The Balaban J connectivity index is 1.98. The van der Waals surface area contributed by atoms with Crippen molar-refractivity contribution in [1.82, 2.24) is 0 Å². The number of thiophene rings is 1. The smallest absolute Gasteiger partial charge is 0.151 e. The second-order valence-corrected chi connectivity index (χ2v) is 5.25. The predicted octanol–water partition coefficient (Wildman–Crippen LogP) is 5.32. The molecule has 2 heterocycles. The Labute approximate surface area is 115 Å². The number of anilines is 3. The van der Waals surface area contributed by atoms with Crippen LogP contribution in [0.2, 0.25) is 0 Å². The molecule has 0 unspecified atom stereocenters. The van der Waals surface area contributed by atoms with E-state index < -0.39 is 0 Å². The number of para-hydroxylation sites is 4. The van der Waals surface area contributed by atoms with Gasteiger partial charge in [-0.05, 0) is 41.8 Å². The highest BCUT2D eigenvalue weighted by Crippen LogP contribution is 2.50. The molecule has 92 valence electrons. The Morgan fingerprint density at radius 1 is 0.737 bits per heavy atom. The number of rotatable bonds is 1. The van der Waals surface area contributed by atoms with E-state index in [1.165, 1.54) is 5.00 Å². The monoisotopic (exact) mass is 265 g/mol. The molecule has 19 heavy (non-hydrogen) atoms. The lowest BCUT2D eigenvalue weighted by Gasteiger charge is -2.31. The van der Waals surface area contributed by atoms with Crippen molar-refractivity contribution in [1.29, 1.82) is 0 Å². The number of hydrogen-bond acceptors (Lipinski definition) is 3. The quantitative estimate of drug-likeness (QED) is 0.461. The summed E-state index contributed by atoms with van der Waals surface area (Å²) in [5.74, 6) is 1.80. The molecule has 0 bridgehead atoms. The Morgan fingerprint density at radius 3 is 1.95 bits per heavy atom. The zero-order chi connectivity index (χ0) is 12.7. The molecular weight excluding hydrogens is 254 g/mol. The van der Waals surface area contributed by atoms with Crippen molar-refractivity contribution >= 4 is 27.7 Å². The summed E-state index contributed by atoms with van der Waals surface area (Å²) in [6.07, 6.45) is 0. The molecule has 0 amide bonds. The predicted molar refractivity (Wildman–Crippen MR) is 79.1 cm³/mol. The summed E-state index contributed by atoms with van der Waals surface area (Å²) >= 11 is 1.73. The fraction of sp³-hybridized carbons (Fsp3) is 0. The minimum absolute atomic E-state index is 0.898. The van der Waals surface area contributed by atoms with Crippen molar-refractivity contribution in [3.63, 3.8) is 0 Å². The number of ether oxygens (including phenoxy) is 1. The largest absolute Gasteiger partial charge is 0.453 e. The number of hydrogen-bond donors (Lipinski definition) is 0. The van der Waals surface area contributed by atoms with Gasteiger partial charge < -0.3 is 4.74 Å². The van der Waals surface area contributed by atoms with E-state index in [1.54, 1.807) is 11.3 Å². The molecule has 0 fully saturated rings. The summed E-state index contributed by atoms with van der Waals surface area (Å²) in [6.45, 7) is 0. The van der Waals surface area contributed by atoms with Gasteiger partial charge in [-0.15, -0.1) is 11.3 Å². The second kappa shape index (κ2) is 4.14. The maximum absolute atomic E-state index is 5.97. The van der Waals surface area contributed by atoms with Crippen LogP contribution in [0.1, 0.15) is 0 Å². The first-order chi connectivity index (χ1) is 9.43. The molecular formula is C16H11NOS. The standard InChI is InChI=1S/C16H11NOS/c1-3-8-14-12(6-1)17(16-10-5-11-19-16)13-7-2-4-9-15(13)18-14/h1-11H. The lowest BCUT2D eigenvalue weighted by molar-refractivity contribution is 0.477. The molecule has 1 aliphatic heterocycles. The molecule has 3 heteroatoms. The Morgan fingerprint density at radius 2 is 1.37 bits per heavy atom. The lowest BCUT2D eigenvalue weighted by atomic mass is 10.1. The van der Waals surface area contributed by atoms with Gasteiger partial charge >= 0.3 is 0 Å². The Kier molecular flexibility index (Phi) is 2.32. The first-order valence-electron chi connectivity index (χ1n) is 6.13. The minimum Gasteiger partial charge on any atom is -0.453 e. The van der Waals surface area contributed by atoms with Gasteiger partial charge in [0.15, 0.2) is 11.5 Å². The van der Waals surface area contributed by atoms with Crippen LogP contribution in [0.4, 0.5) is 16.4 Å². The fourth-order valence-corrected chi connectivity index (χ4v) is 3.09. The maximum atomic E-state index is 5.97. The van der Waals surface area contributed by atoms with E-state index in [0.717, 1.165) is 22.9 Å². The van der Waals surface area contributed by atoms with Crippen molar-refractivity contribution in [2.45, 2.75) is 0 Å². The number of nitrogens with zero attached hydrogens (tertiary/aromatic N) is 1. The molecule has 0 spiro atoms. The van der Waals surface area contributed by atoms with Crippen LogP contribution in [0.3, 0.4) is 0 Å². The summed E-state index contributed by atoms with van der Waals surface area (Å²) in [4.78, 5) is 2.25. The van der Waals surface area contributed by atoms with Gasteiger partial charge in [-0.1, -0.05) is 24.3 Å². The molecule has 2 nitrogen and oxygen atoms in total. The SMILES string of the molecule is c1csc(N2c3ccccc3Oc3ccccc32)c1. The number of benzene rings is 2. The van der Waals surface area contributed by atoms with Crippen LogP contribution in [0.15, 0.2) is 66.0 Å².